The number of benzene rings is 3. The molecule has 10 nitrogen and oxygen atoms in total. The molecule has 1 unspecified atom stereocenters. The van der Waals surface area contributed by atoms with Gasteiger partial charge < -0.3 is 15.8 Å². The number of sulfonamides is 1. The van der Waals surface area contributed by atoms with Crippen LogP contribution < -0.4 is 11.1 Å². The Labute approximate surface area is 227 Å². The molecule has 0 aliphatic carbocycles. The van der Waals surface area contributed by atoms with Gasteiger partial charge in [0.25, 0.3) is 0 Å². The van der Waals surface area contributed by atoms with Gasteiger partial charge in [0, 0.05) is 24.5 Å². The number of fused-ring (bicyclic) bond motifs is 1. The number of hydrogen-bond acceptors (Lipinski definition) is 9. The van der Waals surface area contributed by atoms with Crippen LogP contribution in [0.2, 0.25) is 0 Å². The minimum absolute atomic E-state index is 0.141. The molecule has 39 heavy (non-hydrogen) atoms. The highest BCUT2D eigenvalue weighted by Crippen LogP contribution is 2.36. The Balaban J connectivity index is 1.52. The van der Waals surface area contributed by atoms with E-state index in [1.54, 1.807) is 43.3 Å². The summed E-state index contributed by atoms with van der Waals surface area (Å²) in [5.41, 5.74) is 8.21. The number of nitrogens with two attached hydrogens (primary N) is 1. The van der Waals surface area contributed by atoms with Gasteiger partial charge in [-0.25, -0.2) is 26.8 Å². The second-order valence-corrected chi connectivity index (χ2v) is 13.2. The van der Waals surface area contributed by atoms with Crippen LogP contribution in [-0.4, -0.2) is 57.4 Å². The number of para-hydroxylation sites is 2. The molecule has 0 bridgehead atoms. The summed E-state index contributed by atoms with van der Waals surface area (Å²) in [7, 11) is -7.49. The highest BCUT2D eigenvalue weighted by molar-refractivity contribution is 7.91. The van der Waals surface area contributed by atoms with Gasteiger partial charge >= 0.3 is 0 Å². The van der Waals surface area contributed by atoms with Crippen molar-refractivity contribution in [2.24, 2.45) is 0 Å². The summed E-state index contributed by atoms with van der Waals surface area (Å²) < 4.78 is 60.1. The molecule has 1 aliphatic heterocycles. The van der Waals surface area contributed by atoms with E-state index in [0.717, 1.165) is 0 Å². The Morgan fingerprint density at radius 1 is 0.872 bits per heavy atom. The van der Waals surface area contributed by atoms with Gasteiger partial charge in [0.1, 0.15) is 10.9 Å². The molecule has 204 valence electrons. The molecule has 1 aliphatic rings. The van der Waals surface area contributed by atoms with Crippen LogP contribution in [0.1, 0.15) is 24.3 Å². The Kier molecular flexibility index (Phi) is 7.54. The van der Waals surface area contributed by atoms with Gasteiger partial charge in [-0.2, -0.15) is 4.31 Å². The lowest BCUT2D eigenvalue weighted by molar-refractivity contribution is 0.0730. The van der Waals surface area contributed by atoms with Crippen LogP contribution in [0.15, 0.2) is 82.6 Å². The molecule has 0 amide bonds. The molecule has 4 aromatic rings. The van der Waals surface area contributed by atoms with Gasteiger partial charge in [0.15, 0.2) is 15.7 Å². The lowest BCUT2D eigenvalue weighted by Crippen LogP contribution is -2.40. The summed E-state index contributed by atoms with van der Waals surface area (Å²) in [5, 5.41) is 2.20. The summed E-state index contributed by atoms with van der Waals surface area (Å²) in [6, 6.07) is 19.6. The van der Waals surface area contributed by atoms with Crippen molar-refractivity contribution >= 4 is 48.1 Å². The second-order valence-electron chi connectivity index (χ2n) is 9.12. The van der Waals surface area contributed by atoms with Crippen molar-refractivity contribution in [3.63, 3.8) is 0 Å². The number of nitrogens with one attached hydrogen (secondary N) is 1. The standard InChI is InChI=1S/C27H29N5O5S2/c1-2-25(38(33,34)21-11-7-19(28)8-12-21)26-27(31-24-6-4-3-5-23(24)30-26)29-20-9-13-22(14-10-20)39(35,36)32-15-17-37-18-16-32/h3-14,25H,2,15-18,28H2,1H3,(H,29,31). The first-order valence-electron chi connectivity index (χ1n) is 12.5. The maximum absolute atomic E-state index is 13.7. The number of hydrogen-bond donors (Lipinski definition) is 2. The molecule has 5 rings (SSSR count). The van der Waals surface area contributed by atoms with E-state index in [0.29, 0.717) is 48.7 Å². The zero-order valence-electron chi connectivity index (χ0n) is 21.3. The first-order valence-corrected chi connectivity index (χ1v) is 15.5. The van der Waals surface area contributed by atoms with Crippen molar-refractivity contribution in [3.8, 4) is 0 Å². The third kappa shape index (κ3) is 5.46. The zero-order chi connectivity index (χ0) is 27.6. The Morgan fingerprint density at radius 2 is 1.46 bits per heavy atom. The van der Waals surface area contributed by atoms with Crippen molar-refractivity contribution < 1.29 is 21.6 Å². The Morgan fingerprint density at radius 3 is 2.08 bits per heavy atom. The van der Waals surface area contributed by atoms with Crippen molar-refractivity contribution in [1.29, 1.82) is 0 Å². The number of nitrogen functional groups attached to an aromatic ring is 1. The van der Waals surface area contributed by atoms with Crippen molar-refractivity contribution in [3.05, 3.63) is 78.5 Å². The molecule has 0 spiro atoms. The van der Waals surface area contributed by atoms with Crippen LogP contribution in [-0.2, 0) is 24.6 Å². The van der Waals surface area contributed by atoms with E-state index in [2.05, 4.69) is 5.32 Å². The lowest BCUT2D eigenvalue weighted by Gasteiger charge is -2.26. The smallest absolute Gasteiger partial charge is 0.243 e. The molecule has 3 aromatic carbocycles. The average molecular weight is 568 g/mol. The average Bonchev–Trinajstić information content (AvgIpc) is 2.94. The molecule has 1 saturated heterocycles. The fourth-order valence-electron chi connectivity index (χ4n) is 4.49. The van der Waals surface area contributed by atoms with E-state index < -0.39 is 25.1 Å². The Hall–Kier alpha value is -3.58. The summed E-state index contributed by atoms with van der Waals surface area (Å²) in [6.07, 6.45) is 0.255. The highest BCUT2D eigenvalue weighted by atomic mass is 32.2. The fraction of sp³-hybridized carbons (Fsp3) is 0.259. The second kappa shape index (κ2) is 10.9. The van der Waals surface area contributed by atoms with Crippen molar-refractivity contribution in [2.45, 2.75) is 28.4 Å². The third-order valence-electron chi connectivity index (χ3n) is 6.58. The minimum Gasteiger partial charge on any atom is -0.399 e. The normalized spacial score (nSPS) is 15.7. The summed E-state index contributed by atoms with van der Waals surface area (Å²) in [4.78, 5) is 9.74. The predicted octanol–water partition coefficient (Wildman–Crippen LogP) is 3.90. The quantitative estimate of drug-likeness (QED) is 0.303. The van der Waals surface area contributed by atoms with Crippen LogP contribution in [0.3, 0.4) is 0 Å². The number of nitrogens with zero attached hydrogens (tertiary/aromatic N) is 3. The molecule has 1 aromatic heterocycles. The van der Waals surface area contributed by atoms with E-state index in [-0.39, 0.29) is 27.7 Å². The molecule has 12 heteroatoms. The molecule has 0 saturated carbocycles. The maximum atomic E-state index is 13.7. The van der Waals surface area contributed by atoms with E-state index in [9.17, 15) is 16.8 Å². The molecule has 0 radical (unpaired) electrons. The van der Waals surface area contributed by atoms with Crippen LogP contribution in [0.5, 0.6) is 0 Å². The van der Waals surface area contributed by atoms with Gasteiger partial charge in [-0.15, -0.1) is 0 Å². The fourth-order valence-corrected chi connectivity index (χ4v) is 7.64. The third-order valence-corrected chi connectivity index (χ3v) is 10.7. The number of rotatable bonds is 8. The summed E-state index contributed by atoms with van der Waals surface area (Å²) in [5.74, 6) is 0.281. The number of morpholine rings is 1. The molecular weight excluding hydrogens is 538 g/mol. The van der Waals surface area contributed by atoms with E-state index in [1.807, 2.05) is 12.1 Å². The topological polar surface area (TPSA) is 145 Å². The molecule has 2 heterocycles. The van der Waals surface area contributed by atoms with Gasteiger partial charge in [0.2, 0.25) is 10.0 Å². The van der Waals surface area contributed by atoms with Gasteiger partial charge in [0.05, 0.1) is 34.0 Å². The number of anilines is 3. The molecule has 3 N–H and O–H groups in total. The lowest BCUT2D eigenvalue weighted by atomic mass is 10.2. The number of aromatic nitrogens is 2. The molecule has 1 atom stereocenters. The predicted molar refractivity (Wildman–Crippen MR) is 150 cm³/mol. The highest BCUT2D eigenvalue weighted by Gasteiger charge is 2.32. The van der Waals surface area contributed by atoms with Crippen LogP contribution in [0, 0.1) is 0 Å². The first kappa shape index (κ1) is 27.0. The van der Waals surface area contributed by atoms with E-state index in [1.165, 1.54) is 28.6 Å². The SMILES string of the molecule is CCC(c1nc2ccccc2nc1Nc1ccc(S(=O)(=O)N2CCOCC2)cc1)S(=O)(=O)c1ccc(N)cc1. The molecular formula is C27H29N5O5S2. The van der Waals surface area contributed by atoms with Crippen molar-refractivity contribution in [1.82, 2.24) is 14.3 Å². The Bertz CT molecular complexity index is 1690. The zero-order valence-corrected chi connectivity index (χ0v) is 23.0. The van der Waals surface area contributed by atoms with Crippen LogP contribution in [0.25, 0.3) is 11.0 Å². The minimum atomic E-state index is -3.84. The number of sulfone groups is 1. The van der Waals surface area contributed by atoms with Crippen LogP contribution >= 0.6 is 0 Å². The van der Waals surface area contributed by atoms with Crippen molar-refractivity contribution in [2.75, 3.05) is 37.4 Å². The van der Waals surface area contributed by atoms with E-state index >= 15 is 0 Å². The maximum Gasteiger partial charge on any atom is 0.243 e. The van der Waals surface area contributed by atoms with Gasteiger partial charge in [-0.05, 0) is 67.1 Å². The van der Waals surface area contributed by atoms with Gasteiger partial charge in [-0.3, -0.25) is 0 Å². The molecule has 1 fully saturated rings. The monoisotopic (exact) mass is 567 g/mol. The first-order chi connectivity index (χ1) is 18.7. The number of ether oxygens (including phenoxy) is 1. The van der Waals surface area contributed by atoms with Crippen LogP contribution in [0.4, 0.5) is 17.2 Å². The van der Waals surface area contributed by atoms with Gasteiger partial charge in [-0.1, -0.05) is 19.1 Å². The van der Waals surface area contributed by atoms with E-state index in [4.69, 9.17) is 20.4 Å². The summed E-state index contributed by atoms with van der Waals surface area (Å²) in [6.45, 7) is 3.12. The largest absolute Gasteiger partial charge is 0.399 e. The summed E-state index contributed by atoms with van der Waals surface area (Å²) >= 11 is 0.